The number of rotatable bonds is 2. The molecule has 2 aromatic rings. The lowest BCUT2D eigenvalue weighted by Gasteiger charge is -2.17. The van der Waals surface area contributed by atoms with Gasteiger partial charge in [-0.05, 0) is 25.2 Å². The Balaban J connectivity index is 2.22. The summed E-state index contributed by atoms with van der Waals surface area (Å²) in [5.41, 5.74) is -0.657. The maximum absolute atomic E-state index is 14.4. The summed E-state index contributed by atoms with van der Waals surface area (Å²) in [7, 11) is 2.65. The molecule has 1 atom stereocenters. The number of hydrogen-bond donors (Lipinski definition) is 0. The molecule has 1 aromatic carbocycles. The van der Waals surface area contributed by atoms with Crippen molar-refractivity contribution in [1.29, 1.82) is 0 Å². The molecule has 124 valence electrons. The first-order valence-corrected chi connectivity index (χ1v) is 8.17. The molecule has 0 aliphatic heterocycles. The number of benzene rings is 1. The molecule has 0 saturated carbocycles. The number of anilines is 1. The minimum absolute atomic E-state index is 0.00172. The van der Waals surface area contributed by atoms with Gasteiger partial charge in [-0.1, -0.05) is 6.92 Å². The number of aryl methyl sites for hydroxylation is 1. The number of aromatic nitrogens is 1. The molecule has 0 fully saturated rings. The van der Waals surface area contributed by atoms with Crippen LogP contribution >= 0.6 is 11.3 Å². The van der Waals surface area contributed by atoms with Crippen molar-refractivity contribution in [1.82, 2.24) is 4.98 Å². The van der Waals surface area contributed by atoms with Crippen molar-refractivity contribution >= 4 is 17.0 Å². The van der Waals surface area contributed by atoms with Crippen LogP contribution in [-0.2, 0) is 6.42 Å². The standard InChI is InChI=1S/C16H16F4N2S/c1-7-5-4-6-8-15(7)23-16(21-8)9-10(17)12(19)14(22(2)3)13(20)11(9)18/h7H,4-6H2,1-3H3/t7-/m0/s1. The third-order valence-electron chi connectivity index (χ3n) is 4.13. The summed E-state index contributed by atoms with van der Waals surface area (Å²) in [5, 5.41) is 0.00172. The summed E-state index contributed by atoms with van der Waals surface area (Å²) >= 11 is 1.12. The van der Waals surface area contributed by atoms with E-state index < -0.39 is 34.5 Å². The number of thiazole rings is 1. The summed E-state index contributed by atoms with van der Waals surface area (Å²) in [4.78, 5) is 6.20. The van der Waals surface area contributed by atoms with Gasteiger partial charge >= 0.3 is 0 Å². The third kappa shape index (κ3) is 2.51. The number of hydrogen-bond acceptors (Lipinski definition) is 3. The summed E-state index contributed by atoms with van der Waals surface area (Å²) in [5.74, 6) is -5.35. The maximum Gasteiger partial charge on any atom is 0.186 e. The maximum atomic E-state index is 14.4. The first-order chi connectivity index (χ1) is 10.8. The van der Waals surface area contributed by atoms with Crippen LogP contribution in [0.4, 0.5) is 23.2 Å². The fourth-order valence-corrected chi connectivity index (χ4v) is 4.17. The van der Waals surface area contributed by atoms with Crippen molar-refractivity contribution in [3.05, 3.63) is 33.8 Å². The Bertz CT molecular complexity index is 741. The van der Waals surface area contributed by atoms with Crippen LogP contribution in [0.5, 0.6) is 0 Å². The molecule has 1 aliphatic rings. The zero-order valence-electron chi connectivity index (χ0n) is 13.0. The van der Waals surface area contributed by atoms with E-state index in [1.807, 2.05) is 6.92 Å². The molecule has 0 N–H and O–H groups in total. The van der Waals surface area contributed by atoms with Gasteiger partial charge in [-0.3, -0.25) is 0 Å². The van der Waals surface area contributed by atoms with Crippen LogP contribution in [0.1, 0.15) is 36.3 Å². The molecule has 0 bridgehead atoms. The zero-order chi connectivity index (χ0) is 16.9. The third-order valence-corrected chi connectivity index (χ3v) is 5.47. The quantitative estimate of drug-likeness (QED) is 0.571. The average molecular weight is 344 g/mol. The molecule has 0 spiro atoms. The van der Waals surface area contributed by atoms with Gasteiger partial charge in [0.15, 0.2) is 23.3 Å². The smallest absolute Gasteiger partial charge is 0.186 e. The van der Waals surface area contributed by atoms with Gasteiger partial charge in [0.05, 0.1) is 11.3 Å². The van der Waals surface area contributed by atoms with Crippen molar-refractivity contribution in [2.75, 3.05) is 19.0 Å². The van der Waals surface area contributed by atoms with Gasteiger partial charge in [0.25, 0.3) is 0 Å². The zero-order valence-corrected chi connectivity index (χ0v) is 13.8. The van der Waals surface area contributed by atoms with Crippen LogP contribution in [0, 0.1) is 23.3 Å². The molecule has 0 radical (unpaired) electrons. The molecule has 0 unspecified atom stereocenters. The summed E-state index contributed by atoms with van der Waals surface area (Å²) < 4.78 is 57.0. The van der Waals surface area contributed by atoms with Crippen LogP contribution in [-0.4, -0.2) is 19.1 Å². The van der Waals surface area contributed by atoms with E-state index in [2.05, 4.69) is 4.98 Å². The molecule has 2 nitrogen and oxygen atoms in total. The van der Waals surface area contributed by atoms with E-state index in [4.69, 9.17) is 0 Å². The van der Waals surface area contributed by atoms with Crippen LogP contribution in [0.3, 0.4) is 0 Å². The molecule has 1 aromatic heterocycles. The van der Waals surface area contributed by atoms with Crippen molar-refractivity contribution in [3.63, 3.8) is 0 Å². The number of nitrogens with zero attached hydrogens (tertiary/aromatic N) is 2. The van der Waals surface area contributed by atoms with Gasteiger partial charge in [-0.2, -0.15) is 0 Å². The van der Waals surface area contributed by atoms with Gasteiger partial charge in [0, 0.05) is 19.0 Å². The lowest BCUT2D eigenvalue weighted by atomic mass is 9.94. The van der Waals surface area contributed by atoms with Crippen molar-refractivity contribution in [2.24, 2.45) is 0 Å². The number of fused-ring (bicyclic) bond motifs is 1. The van der Waals surface area contributed by atoms with Gasteiger partial charge in [0.2, 0.25) is 0 Å². The normalized spacial score (nSPS) is 17.3. The Morgan fingerprint density at radius 3 is 2.17 bits per heavy atom. The lowest BCUT2D eigenvalue weighted by Crippen LogP contribution is -2.16. The van der Waals surface area contributed by atoms with Crippen LogP contribution in [0.2, 0.25) is 0 Å². The van der Waals surface area contributed by atoms with E-state index in [0.29, 0.717) is 0 Å². The molecule has 23 heavy (non-hydrogen) atoms. The number of halogens is 4. The van der Waals surface area contributed by atoms with Crippen LogP contribution in [0.15, 0.2) is 0 Å². The molecular formula is C16H16F4N2S. The predicted octanol–water partition coefficient (Wildman–Crippen LogP) is 4.87. The monoisotopic (exact) mass is 344 g/mol. The van der Waals surface area contributed by atoms with Crippen LogP contribution in [0.25, 0.3) is 10.6 Å². The van der Waals surface area contributed by atoms with E-state index in [1.54, 1.807) is 0 Å². The Kier molecular flexibility index (Phi) is 4.08. The van der Waals surface area contributed by atoms with Crippen LogP contribution < -0.4 is 4.90 Å². The molecule has 7 heteroatoms. The Morgan fingerprint density at radius 1 is 1.04 bits per heavy atom. The summed E-state index contributed by atoms with van der Waals surface area (Å²) in [6.07, 6.45) is 2.65. The fraction of sp³-hybridized carbons (Fsp3) is 0.438. The first-order valence-electron chi connectivity index (χ1n) is 7.36. The van der Waals surface area contributed by atoms with Crippen molar-refractivity contribution in [3.8, 4) is 10.6 Å². The van der Waals surface area contributed by atoms with Gasteiger partial charge in [-0.15, -0.1) is 11.3 Å². The molecule has 3 rings (SSSR count). The van der Waals surface area contributed by atoms with E-state index >= 15 is 0 Å². The second-order valence-electron chi connectivity index (χ2n) is 6.00. The Morgan fingerprint density at radius 2 is 1.65 bits per heavy atom. The lowest BCUT2D eigenvalue weighted by molar-refractivity contribution is 0.459. The highest BCUT2D eigenvalue weighted by Crippen LogP contribution is 2.42. The van der Waals surface area contributed by atoms with E-state index in [-0.39, 0.29) is 10.9 Å². The highest BCUT2D eigenvalue weighted by atomic mass is 32.1. The van der Waals surface area contributed by atoms with Crippen molar-refractivity contribution in [2.45, 2.75) is 32.1 Å². The fourth-order valence-electron chi connectivity index (χ4n) is 2.94. The first kappa shape index (κ1) is 16.2. The predicted molar refractivity (Wildman–Crippen MR) is 83.1 cm³/mol. The second kappa shape index (κ2) is 5.78. The van der Waals surface area contributed by atoms with E-state index in [0.717, 1.165) is 46.1 Å². The van der Waals surface area contributed by atoms with Crippen molar-refractivity contribution < 1.29 is 17.6 Å². The van der Waals surface area contributed by atoms with E-state index in [9.17, 15) is 17.6 Å². The SMILES string of the molecule is C[C@H]1CCCc2nc(-c3c(F)c(F)c(N(C)C)c(F)c3F)sc21. The average Bonchev–Trinajstić information content (AvgIpc) is 2.90. The molecule has 0 saturated heterocycles. The summed E-state index contributed by atoms with van der Waals surface area (Å²) in [6.45, 7) is 2.02. The second-order valence-corrected chi connectivity index (χ2v) is 7.03. The molecular weight excluding hydrogens is 328 g/mol. The minimum Gasteiger partial charge on any atom is -0.373 e. The minimum atomic E-state index is -1.40. The largest absolute Gasteiger partial charge is 0.373 e. The molecule has 1 heterocycles. The highest BCUT2D eigenvalue weighted by molar-refractivity contribution is 7.15. The molecule has 1 aliphatic carbocycles. The van der Waals surface area contributed by atoms with Gasteiger partial charge in [-0.25, -0.2) is 22.5 Å². The topological polar surface area (TPSA) is 16.1 Å². The van der Waals surface area contributed by atoms with Gasteiger partial charge < -0.3 is 4.90 Å². The highest BCUT2D eigenvalue weighted by Gasteiger charge is 2.30. The van der Waals surface area contributed by atoms with E-state index in [1.165, 1.54) is 14.1 Å². The van der Waals surface area contributed by atoms with Gasteiger partial charge in [0.1, 0.15) is 10.7 Å². The molecule has 0 amide bonds. The Hall–Kier alpha value is -1.63. The summed E-state index contributed by atoms with van der Waals surface area (Å²) in [6, 6.07) is 0. The Labute approximate surface area is 135 Å².